The predicted molar refractivity (Wildman–Crippen MR) is 166 cm³/mol. The van der Waals surface area contributed by atoms with Crippen LogP contribution in [0, 0.1) is 6.92 Å². The third kappa shape index (κ3) is 8.10. The molecular weight excluding hydrogens is 595 g/mol. The van der Waals surface area contributed by atoms with Crippen LogP contribution in [0.15, 0.2) is 60.8 Å². The summed E-state index contributed by atoms with van der Waals surface area (Å²) < 4.78 is 11.0. The number of hydrogen-bond acceptors (Lipinski definition) is 7. The number of ether oxygens (including phenoxy) is 2. The summed E-state index contributed by atoms with van der Waals surface area (Å²) in [5, 5.41) is 8.45. The van der Waals surface area contributed by atoms with Crippen molar-refractivity contribution in [3.05, 3.63) is 87.7 Å². The van der Waals surface area contributed by atoms with Crippen molar-refractivity contribution < 1.29 is 23.9 Å². The van der Waals surface area contributed by atoms with Crippen molar-refractivity contribution in [1.29, 1.82) is 0 Å². The highest BCUT2D eigenvalue weighted by molar-refractivity contribution is 6.38. The molecule has 0 atom stereocenters. The molecule has 4 aromatic rings. The Hall–Kier alpha value is -4.45. The zero-order valence-corrected chi connectivity index (χ0v) is 25.3. The average Bonchev–Trinajstić information content (AvgIpc) is 2.99. The first kappa shape index (κ1) is 31.5. The second-order valence-corrected chi connectivity index (χ2v) is 10.2. The van der Waals surface area contributed by atoms with Gasteiger partial charge in [-0.05, 0) is 49.4 Å². The molecule has 0 fully saturated rings. The fourth-order valence-corrected chi connectivity index (χ4v) is 4.64. The Morgan fingerprint density at radius 2 is 1.81 bits per heavy atom. The maximum atomic E-state index is 13.0. The summed E-state index contributed by atoms with van der Waals surface area (Å²) >= 11 is 13.1. The molecule has 0 aliphatic rings. The summed E-state index contributed by atoms with van der Waals surface area (Å²) in [7, 11) is 3.08. The van der Waals surface area contributed by atoms with Crippen LogP contribution >= 0.6 is 23.2 Å². The SMILES string of the molecule is COCCNC(=O)c1cccc(NC(=O)NCC(=O)N(C)c2ccc(Cl)c(COc3cccc4ncc(C)nc34)c2Cl)c1. The predicted octanol–water partition coefficient (Wildman–Crippen LogP) is 4.98. The molecule has 0 bridgehead atoms. The molecule has 11 nitrogen and oxygen atoms in total. The van der Waals surface area contributed by atoms with Crippen LogP contribution in [0.5, 0.6) is 5.75 Å². The number of hydrogen-bond donors (Lipinski definition) is 3. The van der Waals surface area contributed by atoms with E-state index < -0.39 is 11.9 Å². The fraction of sp³-hybridized carbons (Fsp3) is 0.233. The highest BCUT2D eigenvalue weighted by atomic mass is 35.5. The van der Waals surface area contributed by atoms with E-state index in [2.05, 4.69) is 25.9 Å². The van der Waals surface area contributed by atoms with Crippen molar-refractivity contribution in [2.24, 2.45) is 0 Å². The standard InChI is InChI=1S/C30H30Cl2N6O5/c1-18-15-34-23-8-5-9-25(28(23)36-18)43-17-21-22(31)10-11-24(27(21)32)38(2)26(39)16-35-30(41)37-20-7-4-6-19(14-20)29(40)33-12-13-42-3/h4-11,14-15H,12-13,16-17H2,1-3H3,(H,33,40)(H2,35,37,41). The summed E-state index contributed by atoms with van der Waals surface area (Å²) in [6, 6.07) is 14.5. The summed E-state index contributed by atoms with van der Waals surface area (Å²) in [4.78, 5) is 47.9. The lowest BCUT2D eigenvalue weighted by molar-refractivity contribution is -0.117. The van der Waals surface area contributed by atoms with Crippen LogP contribution in [0.2, 0.25) is 10.0 Å². The van der Waals surface area contributed by atoms with Gasteiger partial charge in [0.25, 0.3) is 5.91 Å². The van der Waals surface area contributed by atoms with E-state index >= 15 is 0 Å². The molecule has 43 heavy (non-hydrogen) atoms. The smallest absolute Gasteiger partial charge is 0.319 e. The summed E-state index contributed by atoms with van der Waals surface area (Å²) in [6.45, 7) is 2.28. The number of urea groups is 1. The second kappa shape index (κ2) is 14.6. The van der Waals surface area contributed by atoms with Crippen molar-refractivity contribution in [2.75, 3.05) is 44.1 Å². The van der Waals surface area contributed by atoms with E-state index in [1.165, 1.54) is 18.0 Å². The monoisotopic (exact) mass is 624 g/mol. The maximum Gasteiger partial charge on any atom is 0.319 e. The average molecular weight is 626 g/mol. The molecule has 0 radical (unpaired) electrons. The van der Waals surface area contributed by atoms with Crippen molar-refractivity contribution in [3.8, 4) is 5.75 Å². The zero-order chi connectivity index (χ0) is 30.9. The summed E-state index contributed by atoms with van der Waals surface area (Å²) in [5.41, 5.74) is 3.67. The number of carbonyl (C=O) groups excluding carboxylic acids is 3. The van der Waals surface area contributed by atoms with Gasteiger partial charge in [0.1, 0.15) is 17.9 Å². The van der Waals surface area contributed by atoms with Gasteiger partial charge in [-0.15, -0.1) is 0 Å². The molecule has 3 N–H and O–H groups in total. The van der Waals surface area contributed by atoms with Crippen molar-refractivity contribution in [1.82, 2.24) is 20.6 Å². The van der Waals surface area contributed by atoms with Crippen LogP contribution in [0.3, 0.4) is 0 Å². The maximum absolute atomic E-state index is 13.0. The topological polar surface area (TPSA) is 135 Å². The third-order valence-corrected chi connectivity index (χ3v) is 7.08. The van der Waals surface area contributed by atoms with Crippen LogP contribution in [0.4, 0.5) is 16.2 Å². The fourth-order valence-electron chi connectivity index (χ4n) is 4.03. The van der Waals surface area contributed by atoms with Gasteiger partial charge in [0.2, 0.25) is 5.91 Å². The first-order valence-electron chi connectivity index (χ1n) is 13.2. The van der Waals surface area contributed by atoms with E-state index in [0.717, 1.165) is 5.69 Å². The Labute approximate surface area is 258 Å². The van der Waals surface area contributed by atoms with Gasteiger partial charge in [0, 0.05) is 48.7 Å². The Bertz CT molecular complexity index is 1650. The van der Waals surface area contributed by atoms with Crippen LogP contribution in [0.25, 0.3) is 11.0 Å². The number of fused-ring (bicyclic) bond motifs is 1. The number of aryl methyl sites for hydroxylation is 1. The lowest BCUT2D eigenvalue weighted by Crippen LogP contribution is -2.40. The van der Waals surface area contributed by atoms with Crippen LogP contribution in [-0.4, -0.2) is 61.7 Å². The number of anilines is 2. The van der Waals surface area contributed by atoms with Gasteiger partial charge in [-0.2, -0.15) is 0 Å². The Kier molecular flexibility index (Phi) is 10.7. The highest BCUT2D eigenvalue weighted by Crippen LogP contribution is 2.35. The van der Waals surface area contributed by atoms with Gasteiger partial charge < -0.3 is 30.3 Å². The van der Waals surface area contributed by atoms with Crippen molar-refractivity contribution in [3.63, 3.8) is 0 Å². The number of nitrogens with one attached hydrogen (secondary N) is 3. The lowest BCUT2D eigenvalue weighted by Gasteiger charge is -2.21. The Morgan fingerprint density at radius 1 is 1.02 bits per heavy atom. The zero-order valence-electron chi connectivity index (χ0n) is 23.7. The van der Waals surface area contributed by atoms with E-state index in [-0.39, 0.29) is 24.1 Å². The number of carbonyl (C=O) groups is 3. The van der Waals surface area contributed by atoms with Crippen LogP contribution in [-0.2, 0) is 16.1 Å². The molecule has 0 saturated heterocycles. The molecule has 0 saturated carbocycles. The summed E-state index contributed by atoms with van der Waals surface area (Å²) in [6.07, 6.45) is 1.68. The highest BCUT2D eigenvalue weighted by Gasteiger charge is 2.20. The number of amides is 4. The molecule has 0 spiro atoms. The minimum Gasteiger partial charge on any atom is -0.486 e. The van der Waals surface area contributed by atoms with Gasteiger partial charge in [0.15, 0.2) is 0 Å². The minimum atomic E-state index is -0.622. The van der Waals surface area contributed by atoms with Crippen molar-refractivity contribution >= 4 is 63.5 Å². The number of likely N-dealkylation sites (N-methyl/N-ethyl adjacent to an activating group) is 1. The van der Waals surface area contributed by atoms with Gasteiger partial charge >= 0.3 is 6.03 Å². The first-order valence-corrected chi connectivity index (χ1v) is 13.9. The first-order chi connectivity index (χ1) is 20.7. The Morgan fingerprint density at radius 3 is 2.60 bits per heavy atom. The Balaban J connectivity index is 1.37. The lowest BCUT2D eigenvalue weighted by atomic mass is 10.2. The number of methoxy groups -OCH3 is 1. The third-order valence-electron chi connectivity index (χ3n) is 6.30. The number of para-hydroxylation sites is 1. The molecule has 4 amide bonds. The quantitative estimate of drug-likeness (QED) is 0.200. The van der Waals surface area contributed by atoms with Crippen molar-refractivity contribution in [2.45, 2.75) is 13.5 Å². The van der Waals surface area contributed by atoms with Gasteiger partial charge in [0.05, 0.1) is 35.1 Å². The number of rotatable bonds is 11. The minimum absolute atomic E-state index is 0.0202. The molecule has 0 aliphatic carbocycles. The molecule has 1 aromatic heterocycles. The van der Waals surface area contributed by atoms with Crippen LogP contribution < -0.4 is 25.6 Å². The van der Waals surface area contributed by atoms with E-state index in [4.69, 9.17) is 32.7 Å². The normalized spacial score (nSPS) is 10.7. The molecular formula is C30H30Cl2N6O5. The number of nitrogens with zero attached hydrogens (tertiary/aromatic N) is 3. The van der Waals surface area contributed by atoms with E-state index in [1.54, 1.807) is 49.7 Å². The molecule has 3 aromatic carbocycles. The number of halogens is 2. The number of aromatic nitrogens is 2. The molecule has 1 heterocycles. The second-order valence-electron chi connectivity index (χ2n) is 9.37. The molecule has 13 heteroatoms. The number of benzene rings is 3. The molecule has 0 unspecified atom stereocenters. The molecule has 0 aliphatic heterocycles. The van der Waals surface area contributed by atoms with E-state index in [1.807, 2.05) is 19.1 Å². The van der Waals surface area contributed by atoms with Gasteiger partial charge in [-0.25, -0.2) is 9.78 Å². The van der Waals surface area contributed by atoms with Crippen LogP contribution in [0.1, 0.15) is 21.6 Å². The largest absolute Gasteiger partial charge is 0.486 e. The molecule has 224 valence electrons. The van der Waals surface area contributed by atoms with E-state index in [9.17, 15) is 14.4 Å². The summed E-state index contributed by atoms with van der Waals surface area (Å²) in [5.74, 6) is -0.219. The van der Waals surface area contributed by atoms with E-state index in [0.29, 0.717) is 57.5 Å². The van der Waals surface area contributed by atoms with Gasteiger partial charge in [-0.1, -0.05) is 35.3 Å². The molecule has 4 rings (SSSR count). The van der Waals surface area contributed by atoms with Gasteiger partial charge in [-0.3, -0.25) is 14.6 Å².